The maximum absolute atomic E-state index is 13.2. The van der Waals surface area contributed by atoms with Gasteiger partial charge in [-0.3, -0.25) is 9.59 Å². The highest BCUT2D eigenvalue weighted by molar-refractivity contribution is 5.99. The molecule has 0 saturated carbocycles. The third-order valence-corrected chi connectivity index (χ3v) is 3.13. The molecule has 1 aromatic carbocycles. The average molecular weight is 305 g/mol. The smallest absolute Gasteiger partial charge is 0.277 e. The topological polar surface area (TPSA) is 101 Å². The number of amides is 1. The first-order valence-corrected chi connectivity index (χ1v) is 6.46. The zero-order valence-corrected chi connectivity index (χ0v) is 11.6. The predicted octanol–water partition coefficient (Wildman–Crippen LogP) is 0.0861. The van der Waals surface area contributed by atoms with Gasteiger partial charge in [0, 0.05) is 13.7 Å². The summed E-state index contributed by atoms with van der Waals surface area (Å²) in [6.07, 6.45) is 0. The van der Waals surface area contributed by atoms with E-state index in [0.717, 1.165) is 0 Å². The normalized spacial score (nSPS) is 11.2. The summed E-state index contributed by atoms with van der Waals surface area (Å²) in [6, 6.07) is 3.87. The summed E-state index contributed by atoms with van der Waals surface area (Å²) >= 11 is 0. The van der Waals surface area contributed by atoms with Crippen LogP contribution in [0, 0.1) is 5.82 Å². The molecule has 0 saturated heterocycles. The lowest BCUT2D eigenvalue weighted by Gasteiger charge is -2.03. The molecule has 1 amide bonds. The number of nitrogens with zero attached hydrogens (tertiary/aromatic N) is 3. The first-order valence-electron chi connectivity index (χ1n) is 6.46. The Morgan fingerprint density at radius 3 is 3.09 bits per heavy atom. The molecule has 0 radical (unpaired) electrons. The number of methoxy groups -OCH3 is 1. The number of hydrogen-bond acceptors (Lipinski definition) is 5. The molecule has 0 unspecified atom stereocenters. The first kappa shape index (κ1) is 14.1. The van der Waals surface area contributed by atoms with Gasteiger partial charge in [-0.2, -0.15) is 0 Å². The minimum absolute atomic E-state index is 0.00836. The molecule has 9 heteroatoms. The van der Waals surface area contributed by atoms with Gasteiger partial charge in [-0.15, -0.1) is 5.10 Å². The minimum atomic E-state index is -0.569. The van der Waals surface area contributed by atoms with Crippen molar-refractivity contribution in [3.8, 4) is 0 Å². The molecule has 22 heavy (non-hydrogen) atoms. The highest BCUT2D eigenvalue weighted by Gasteiger charge is 2.19. The zero-order valence-electron chi connectivity index (χ0n) is 11.6. The van der Waals surface area contributed by atoms with Crippen molar-refractivity contribution in [3.05, 3.63) is 40.1 Å². The second kappa shape index (κ2) is 5.53. The van der Waals surface area contributed by atoms with Crippen LogP contribution in [0.25, 0.3) is 16.6 Å². The number of carbonyl (C=O) groups excluding carboxylic acids is 1. The third-order valence-electron chi connectivity index (χ3n) is 3.13. The van der Waals surface area contributed by atoms with E-state index in [0.29, 0.717) is 12.1 Å². The van der Waals surface area contributed by atoms with Crippen LogP contribution >= 0.6 is 0 Å². The van der Waals surface area contributed by atoms with Gasteiger partial charge in [0.2, 0.25) is 0 Å². The second-order valence-electron chi connectivity index (χ2n) is 4.56. The number of nitrogens with one attached hydrogen (secondary N) is 2. The fraction of sp³-hybridized carbons (Fsp3) is 0.231. The predicted molar refractivity (Wildman–Crippen MR) is 75.3 cm³/mol. The van der Waals surface area contributed by atoms with Crippen molar-refractivity contribution in [3.63, 3.8) is 0 Å². The summed E-state index contributed by atoms with van der Waals surface area (Å²) < 4.78 is 19.3. The molecule has 3 aromatic rings. The highest BCUT2D eigenvalue weighted by Crippen LogP contribution is 2.14. The van der Waals surface area contributed by atoms with E-state index in [1.165, 1.54) is 29.8 Å². The van der Waals surface area contributed by atoms with E-state index in [9.17, 15) is 14.0 Å². The molecule has 2 N–H and O–H groups in total. The maximum atomic E-state index is 13.2. The van der Waals surface area contributed by atoms with Crippen LogP contribution in [-0.4, -0.2) is 46.0 Å². The molecule has 2 aromatic heterocycles. The van der Waals surface area contributed by atoms with Crippen molar-refractivity contribution in [2.24, 2.45) is 0 Å². The SMILES string of the molecule is COCCNC(=O)c1nnn2c1c(=O)[nH]c1cc(F)ccc12. The monoisotopic (exact) mass is 305 g/mol. The van der Waals surface area contributed by atoms with Gasteiger partial charge >= 0.3 is 0 Å². The van der Waals surface area contributed by atoms with Crippen molar-refractivity contribution in [2.75, 3.05) is 20.3 Å². The molecule has 8 nitrogen and oxygen atoms in total. The van der Waals surface area contributed by atoms with Gasteiger partial charge in [0.05, 0.1) is 17.6 Å². The van der Waals surface area contributed by atoms with E-state index in [1.807, 2.05) is 0 Å². The van der Waals surface area contributed by atoms with E-state index in [4.69, 9.17) is 4.74 Å². The molecule has 114 valence electrons. The van der Waals surface area contributed by atoms with Gasteiger partial charge in [-0.1, -0.05) is 5.21 Å². The fourth-order valence-electron chi connectivity index (χ4n) is 2.13. The van der Waals surface area contributed by atoms with Crippen LogP contribution in [-0.2, 0) is 4.74 Å². The molecular weight excluding hydrogens is 293 g/mol. The summed E-state index contributed by atoms with van der Waals surface area (Å²) in [4.78, 5) is 26.7. The van der Waals surface area contributed by atoms with Gasteiger partial charge in [0.15, 0.2) is 11.2 Å². The first-order chi connectivity index (χ1) is 10.6. The Morgan fingerprint density at radius 2 is 2.32 bits per heavy atom. The van der Waals surface area contributed by atoms with Crippen LogP contribution in [0.1, 0.15) is 10.5 Å². The lowest BCUT2D eigenvalue weighted by atomic mass is 10.2. The number of benzene rings is 1. The molecule has 3 rings (SSSR count). The van der Waals surface area contributed by atoms with Crippen LogP contribution < -0.4 is 10.9 Å². The Kier molecular flexibility index (Phi) is 3.55. The van der Waals surface area contributed by atoms with Gasteiger partial charge in [-0.25, -0.2) is 8.91 Å². The van der Waals surface area contributed by atoms with Crippen LogP contribution in [0.4, 0.5) is 4.39 Å². The van der Waals surface area contributed by atoms with E-state index in [2.05, 4.69) is 20.6 Å². The van der Waals surface area contributed by atoms with Crippen molar-refractivity contribution >= 4 is 22.5 Å². The summed E-state index contributed by atoms with van der Waals surface area (Å²) in [5.41, 5.74) is 0.0609. The molecule has 0 aliphatic heterocycles. The van der Waals surface area contributed by atoms with Gasteiger partial charge < -0.3 is 15.0 Å². The molecular formula is C13H12FN5O3. The standard InChI is InChI=1S/C13H12FN5O3/c1-22-5-4-15-12(20)10-11-13(21)16-8-6-7(14)2-3-9(8)19(11)18-17-10/h2-3,6H,4-5H2,1H3,(H,15,20)(H,16,21). The summed E-state index contributed by atoms with van der Waals surface area (Å²) in [5.74, 6) is -1.01. The number of ether oxygens (including phenoxy) is 1. The number of halogens is 1. The number of aromatic amines is 1. The van der Waals surface area contributed by atoms with Crippen molar-refractivity contribution in [1.29, 1.82) is 0 Å². The van der Waals surface area contributed by atoms with Crippen LogP contribution in [0.2, 0.25) is 0 Å². The Morgan fingerprint density at radius 1 is 1.50 bits per heavy atom. The fourth-order valence-corrected chi connectivity index (χ4v) is 2.13. The van der Waals surface area contributed by atoms with Crippen LogP contribution in [0.5, 0.6) is 0 Å². The number of carbonyl (C=O) groups is 1. The van der Waals surface area contributed by atoms with Crippen molar-refractivity contribution in [2.45, 2.75) is 0 Å². The number of rotatable bonds is 4. The Hall–Kier alpha value is -2.81. The molecule has 0 aliphatic carbocycles. The second-order valence-corrected chi connectivity index (χ2v) is 4.56. The molecule has 0 spiro atoms. The number of aromatic nitrogens is 4. The number of fused-ring (bicyclic) bond motifs is 3. The lowest BCUT2D eigenvalue weighted by Crippen LogP contribution is -2.28. The van der Waals surface area contributed by atoms with E-state index >= 15 is 0 Å². The molecule has 0 fully saturated rings. The number of H-pyrrole nitrogens is 1. The van der Waals surface area contributed by atoms with Crippen molar-refractivity contribution < 1.29 is 13.9 Å². The maximum Gasteiger partial charge on any atom is 0.277 e. The summed E-state index contributed by atoms with van der Waals surface area (Å²) in [5, 5.41) is 10.1. The third kappa shape index (κ3) is 2.31. The molecule has 2 heterocycles. The minimum Gasteiger partial charge on any atom is -0.383 e. The summed E-state index contributed by atoms with van der Waals surface area (Å²) in [6.45, 7) is 0.620. The van der Waals surface area contributed by atoms with E-state index in [-0.39, 0.29) is 23.3 Å². The van der Waals surface area contributed by atoms with Crippen LogP contribution in [0.3, 0.4) is 0 Å². The van der Waals surface area contributed by atoms with Gasteiger partial charge in [0.25, 0.3) is 11.5 Å². The lowest BCUT2D eigenvalue weighted by molar-refractivity contribution is 0.0933. The highest BCUT2D eigenvalue weighted by atomic mass is 19.1. The van der Waals surface area contributed by atoms with Gasteiger partial charge in [-0.05, 0) is 18.2 Å². The zero-order chi connectivity index (χ0) is 15.7. The number of hydrogen-bond donors (Lipinski definition) is 2. The average Bonchev–Trinajstić information content (AvgIpc) is 2.93. The van der Waals surface area contributed by atoms with Gasteiger partial charge in [0.1, 0.15) is 5.82 Å². The molecule has 0 aliphatic rings. The van der Waals surface area contributed by atoms with E-state index in [1.54, 1.807) is 0 Å². The summed E-state index contributed by atoms with van der Waals surface area (Å²) in [7, 11) is 1.51. The quantitative estimate of drug-likeness (QED) is 0.665. The Labute approximate surface area is 122 Å². The molecule has 0 atom stereocenters. The largest absolute Gasteiger partial charge is 0.383 e. The van der Waals surface area contributed by atoms with Crippen molar-refractivity contribution in [1.82, 2.24) is 25.1 Å². The Balaban J connectivity index is 2.13. The molecule has 0 bridgehead atoms. The van der Waals surface area contributed by atoms with Crippen LogP contribution in [0.15, 0.2) is 23.0 Å². The van der Waals surface area contributed by atoms with E-state index < -0.39 is 17.3 Å². The Bertz CT molecular complexity index is 917.